The maximum atomic E-state index is 12.7. The molecule has 4 rings (SSSR count). The van der Waals surface area contributed by atoms with E-state index >= 15 is 0 Å². The smallest absolute Gasteiger partial charge is 0.119 e. The molecule has 4 atom stereocenters. The molecule has 0 unspecified atom stereocenters. The van der Waals surface area contributed by atoms with Gasteiger partial charge in [0, 0.05) is 38.9 Å². The SMILES string of the molecule is C=CC(C)(C)c1[nH]c2cccc3c2c1[C@]1(O)[C@H](CC[C@](C)(C=C)[C@@H]1N=C)C3(C)C. The summed E-state index contributed by atoms with van der Waals surface area (Å²) >= 11 is 0. The van der Waals surface area contributed by atoms with Crippen molar-refractivity contribution in [1.82, 2.24) is 4.98 Å². The van der Waals surface area contributed by atoms with E-state index in [4.69, 9.17) is 0 Å². The van der Waals surface area contributed by atoms with Gasteiger partial charge in [0.15, 0.2) is 0 Å². The van der Waals surface area contributed by atoms with E-state index in [9.17, 15) is 5.11 Å². The molecule has 1 saturated carbocycles. The largest absolute Gasteiger partial charge is 0.382 e. The Bertz CT molecular complexity index is 1030. The quantitative estimate of drug-likeness (QED) is 0.504. The Kier molecular flexibility index (Phi) is 4.13. The highest BCUT2D eigenvalue weighted by atomic mass is 16.3. The van der Waals surface area contributed by atoms with Crippen molar-refractivity contribution >= 4 is 17.6 Å². The normalized spacial score (nSPS) is 33.2. The number of H-pyrrole nitrogens is 1. The number of aliphatic imine (C=N–C) groups is 1. The van der Waals surface area contributed by atoms with Gasteiger partial charge in [0.2, 0.25) is 0 Å². The lowest BCUT2D eigenvalue weighted by atomic mass is 9.48. The summed E-state index contributed by atoms with van der Waals surface area (Å²) in [6.07, 6.45) is 5.77. The highest BCUT2D eigenvalue weighted by Crippen LogP contribution is 2.63. The molecule has 1 fully saturated rings. The van der Waals surface area contributed by atoms with Gasteiger partial charge in [0.05, 0.1) is 6.04 Å². The second-order valence-corrected chi connectivity index (χ2v) is 10.5. The van der Waals surface area contributed by atoms with Gasteiger partial charge in [0.1, 0.15) is 5.60 Å². The molecule has 0 amide bonds. The number of aromatic amines is 1. The maximum absolute atomic E-state index is 12.7. The minimum Gasteiger partial charge on any atom is -0.382 e. The molecule has 2 aliphatic carbocycles. The fourth-order valence-electron chi connectivity index (χ4n) is 6.25. The molecule has 1 aromatic heterocycles. The van der Waals surface area contributed by atoms with Crippen LogP contribution in [0.5, 0.6) is 0 Å². The summed E-state index contributed by atoms with van der Waals surface area (Å²) in [7, 11) is 0. The van der Waals surface area contributed by atoms with Gasteiger partial charge in [-0.3, -0.25) is 4.99 Å². The summed E-state index contributed by atoms with van der Waals surface area (Å²) in [6, 6.07) is 6.09. The predicted octanol–water partition coefficient (Wildman–Crippen LogP) is 5.78. The second-order valence-electron chi connectivity index (χ2n) is 10.5. The summed E-state index contributed by atoms with van der Waals surface area (Å²) in [4.78, 5) is 8.22. The lowest BCUT2D eigenvalue weighted by Crippen LogP contribution is -2.62. The van der Waals surface area contributed by atoms with Gasteiger partial charge in [-0.05, 0) is 36.6 Å². The standard InChI is InChI=1S/C26H34N2O/c1-9-23(3,4)21-20-19-16(12-11-13-17(19)28-21)24(5,6)18-14-15-25(7,10-2)22(27-8)26(18,20)29/h9-13,18,22,28-29H,1-2,8,14-15H2,3-7H3/t18-,22+,25+,26-/m1/s1. The molecular weight excluding hydrogens is 356 g/mol. The number of hydrogen-bond acceptors (Lipinski definition) is 2. The molecule has 154 valence electrons. The average Bonchev–Trinajstić information content (AvgIpc) is 3.08. The number of fused-ring (bicyclic) bond motifs is 2. The summed E-state index contributed by atoms with van der Waals surface area (Å²) < 4.78 is 0. The van der Waals surface area contributed by atoms with E-state index in [1.54, 1.807) is 0 Å². The van der Waals surface area contributed by atoms with Crippen molar-refractivity contribution in [1.29, 1.82) is 0 Å². The van der Waals surface area contributed by atoms with E-state index in [-0.39, 0.29) is 28.2 Å². The van der Waals surface area contributed by atoms with Crippen molar-refractivity contribution in [3.63, 3.8) is 0 Å². The Morgan fingerprint density at radius 3 is 2.52 bits per heavy atom. The van der Waals surface area contributed by atoms with Crippen molar-refractivity contribution < 1.29 is 5.11 Å². The zero-order valence-electron chi connectivity index (χ0n) is 18.5. The Hall–Kier alpha value is -2.13. The number of rotatable bonds is 4. The second kappa shape index (κ2) is 5.95. The number of nitrogens with one attached hydrogen (secondary N) is 1. The van der Waals surface area contributed by atoms with Crippen molar-refractivity contribution in [2.75, 3.05) is 0 Å². The van der Waals surface area contributed by atoms with Crippen molar-refractivity contribution in [3.05, 3.63) is 60.3 Å². The van der Waals surface area contributed by atoms with E-state index in [0.717, 1.165) is 35.0 Å². The molecule has 2 aliphatic rings. The maximum Gasteiger partial charge on any atom is 0.119 e. The van der Waals surface area contributed by atoms with E-state index in [2.05, 4.69) is 82.7 Å². The Morgan fingerprint density at radius 1 is 1.24 bits per heavy atom. The van der Waals surface area contributed by atoms with Crippen LogP contribution in [0.25, 0.3) is 10.9 Å². The van der Waals surface area contributed by atoms with Gasteiger partial charge in [0.25, 0.3) is 0 Å². The summed E-state index contributed by atoms with van der Waals surface area (Å²) in [5.41, 5.74) is 2.43. The van der Waals surface area contributed by atoms with E-state index in [1.165, 1.54) is 5.56 Å². The van der Waals surface area contributed by atoms with Gasteiger partial charge >= 0.3 is 0 Å². The van der Waals surface area contributed by atoms with Crippen LogP contribution in [0, 0.1) is 11.3 Å². The van der Waals surface area contributed by atoms with Crippen LogP contribution in [-0.4, -0.2) is 22.8 Å². The monoisotopic (exact) mass is 390 g/mol. The first-order valence-electron chi connectivity index (χ1n) is 10.6. The van der Waals surface area contributed by atoms with Crippen molar-refractivity contribution in [2.45, 2.75) is 69.9 Å². The van der Waals surface area contributed by atoms with Crippen molar-refractivity contribution in [3.8, 4) is 0 Å². The van der Waals surface area contributed by atoms with Crippen LogP contribution in [0.15, 0.2) is 48.5 Å². The van der Waals surface area contributed by atoms with Crippen LogP contribution in [0.3, 0.4) is 0 Å². The molecule has 2 aromatic rings. The predicted molar refractivity (Wildman–Crippen MR) is 123 cm³/mol. The Labute approximate surface area is 174 Å². The number of benzene rings is 1. The topological polar surface area (TPSA) is 48.4 Å². The molecule has 1 heterocycles. The molecule has 0 aliphatic heterocycles. The van der Waals surface area contributed by atoms with E-state index in [1.807, 2.05) is 12.2 Å². The Balaban J connectivity index is 2.19. The number of aliphatic hydroxyl groups is 1. The van der Waals surface area contributed by atoms with Crippen LogP contribution in [-0.2, 0) is 16.4 Å². The lowest BCUT2D eigenvalue weighted by Gasteiger charge is -2.59. The third-order valence-corrected chi connectivity index (χ3v) is 8.14. The molecule has 0 bridgehead atoms. The number of allylic oxidation sites excluding steroid dienone is 1. The van der Waals surface area contributed by atoms with Crippen LogP contribution >= 0.6 is 0 Å². The van der Waals surface area contributed by atoms with Crippen LogP contribution in [0.2, 0.25) is 0 Å². The molecule has 1 aromatic carbocycles. The van der Waals surface area contributed by atoms with Crippen LogP contribution in [0.4, 0.5) is 0 Å². The third kappa shape index (κ3) is 2.31. The van der Waals surface area contributed by atoms with Gasteiger partial charge in [-0.2, -0.15) is 0 Å². The fourth-order valence-corrected chi connectivity index (χ4v) is 6.25. The highest BCUT2D eigenvalue weighted by molar-refractivity contribution is 5.92. The van der Waals surface area contributed by atoms with Crippen LogP contribution < -0.4 is 0 Å². The minimum absolute atomic E-state index is 0.0341. The average molecular weight is 391 g/mol. The molecule has 2 N–H and O–H groups in total. The molecule has 3 heteroatoms. The van der Waals surface area contributed by atoms with Gasteiger partial charge in [-0.15, -0.1) is 13.2 Å². The fraction of sp³-hybridized carbons (Fsp3) is 0.500. The number of nitrogens with zero attached hydrogens (tertiary/aromatic N) is 1. The minimum atomic E-state index is -1.13. The lowest BCUT2D eigenvalue weighted by molar-refractivity contribution is -0.127. The molecule has 0 saturated heterocycles. The zero-order chi connectivity index (χ0) is 21.4. The van der Waals surface area contributed by atoms with E-state index < -0.39 is 5.60 Å². The van der Waals surface area contributed by atoms with Gasteiger partial charge in [-0.25, -0.2) is 0 Å². The van der Waals surface area contributed by atoms with Gasteiger partial charge in [-0.1, -0.05) is 58.9 Å². The van der Waals surface area contributed by atoms with Gasteiger partial charge < -0.3 is 10.1 Å². The first-order valence-corrected chi connectivity index (χ1v) is 10.6. The van der Waals surface area contributed by atoms with E-state index in [0.29, 0.717) is 0 Å². The van der Waals surface area contributed by atoms with Crippen LogP contribution in [0.1, 0.15) is 64.3 Å². The highest BCUT2D eigenvalue weighted by Gasteiger charge is 2.63. The first kappa shape index (κ1) is 20.2. The molecule has 0 radical (unpaired) electrons. The number of aromatic nitrogens is 1. The summed E-state index contributed by atoms with van der Waals surface area (Å²) in [5, 5.41) is 13.9. The zero-order valence-corrected chi connectivity index (χ0v) is 18.5. The third-order valence-electron chi connectivity index (χ3n) is 8.14. The molecule has 3 nitrogen and oxygen atoms in total. The number of hydrogen-bond donors (Lipinski definition) is 2. The Morgan fingerprint density at radius 2 is 1.93 bits per heavy atom. The molecule has 29 heavy (non-hydrogen) atoms. The molecular formula is C26H34N2O. The molecule has 0 spiro atoms. The first-order chi connectivity index (χ1) is 13.5. The summed E-state index contributed by atoms with van der Waals surface area (Å²) in [6.45, 7) is 23.1. The van der Waals surface area contributed by atoms with Crippen molar-refractivity contribution in [2.24, 2.45) is 16.3 Å². The summed E-state index contributed by atoms with van der Waals surface area (Å²) in [5.74, 6) is 0.0341.